The van der Waals surface area contributed by atoms with Crippen molar-refractivity contribution in [2.24, 2.45) is 5.92 Å². The zero-order valence-electron chi connectivity index (χ0n) is 15.1. The molecule has 1 aromatic rings. The number of likely N-dealkylation sites (tertiary alicyclic amines) is 1. The number of amides is 2. The highest BCUT2D eigenvalue weighted by atomic mass is 16.4. The Morgan fingerprint density at radius 3 is 2.52 bits per heavy atom. The monoisotopic (exact) mass is 344 g/mol. The van der Waals surface area contributed by atoms with Gasteiger partial charge in [0.25, 0.3) is 0 Å². The number of nitrogens with zero attached hydrogens (tertiary/aromatic N) is 1. The smallest absolute Gasteiger partial charge is 0.318 e. The van der Waals surface area contributed by atoms with Gasteiger partial charge in [0.1, 0.15) is 0 Å². The molecule has 3 rings (SSSR count). The van der Waals surface area contributed by atoms with Crippen LogP contribution >= 0.6 is 0 Å². The van der Waals surface area contributed by atoms with Crippen molar-refractivity contribution in [3.8, 4) is 0 Å². The van der Waals surface area contributed by atoms with E-state index in [1.807, 2.05) is 4.90 Å². The van der Waals surface area contributed by atoms with Crippen LogP contribution in [0.2, 0.25) is 0 Å². The summed E-state index contributed by atoms with van der Waals surface area (Å²) in [6.45, 7) is 4.98. The van der Waals surface area contributed by atoms with Crippen molar-refractivity contribution in [3.05, 3.63) is 34.9 Å². The number of carbonyl (C=O) groups excluding carboxylic acids is 1. The van der Waals surface area contributed by atoms with Gasteiger partial charge in [-0.25, -0.2) is 4.79 Å². The van der Waals surface area contributed by atoms with Crippen LogP contribution in [-0.4, -0.2) is 34.6 Å². The van der Waals surface area contributed by atoms with E-state index in [0.717, 1.165) is 32.2 Å². The number of rotatable bonds is 3. The van der Waals surface area contributed by atoms with Crippen LogP contribution in [0.5, 0.6) is 0 Å². The van der Waals surface area contributed by atoms with E-state index in [1.54, 1.807) is 0 Å². The highest BCUT2D eigenvalue weighted by Crippen LogP contribution is 2.34. The summed E-state index contributed by atoms with van der Waals surface area (Å²) in [7, 11) is 0. The number of carboxylic acid groups (broad SMARTS) is 1. The van der Waals surface area contributed by atoms with E-state index in [4.69, 9.17) is 5.11 Å². The first-order valence-corrected chi connectivity index (χ1v) is 9.33. The highest BCUT2D eigenvalue weighted by Gasteiger charge is 2.33. The molecule has 0 bridgehead atoms. The molecule has 2 N–H and O–H groups in total. The van der Waals surface area contributed by atoms with Gasteiger partial charge in [-0.2, -0.15) is 0 Å². The quantitative estimate of drug-likeness (QED) is 0.876. The maximum absolute atomic E-state index is 12.8. The normalized spacial score (nSPS) is 26.5. The van der Waals surface area contributed by atoms with Crippen LogP contribution < -0.4 is 5.32 Å². The molecule has 1 aliphatic carbocycles. The van der Waals surface area contributed by atoms with E-state index in [1.165, 1.54) is 16.7 Å². The summed E-state index contributed by atoms with van der Waals surface area (Å²) in [4.78, 5) is 25.8. The maximum atomic E-state index is 12.8. The predicted molar refractivity (Wildman–Crippen MR) is 96.5 cm³/mol. The zero-order valence-corrected chi connectivity index (χ0v) is 15.1. The molecule has 1 heterocycles. The number of aryl methyl sites for hydroxylation is 2. The minimum Gasteiger partial charge on any atom is -0.481 e. The molecule has 2 fully saturated rings. The number of urea groups is 1. The molecular formula is C20H28N2O3. The molecule has 1 saturated heterocycles. The van der Waals surface area contributed by atoms with Gasteiger partial charge < -0.3 is 15.3 Å². The molecule has 1 aliphatic heterocycles. The topological polar surface area (TPSA) is 69.6 Å². The summed E-state index contributed by atoms with van der Waals surface area (Å²) in [6.07, 6.45) is 4.84. The van der Waals surface area contributed by atoms with Crippen LogP contribution in [0.3, 0.4) is 0 Å². The summed E-state index contributed by atoms with van der Waals surface area (Å²) in [6, 6.07) is 6.69. The second-order valence-corrected chi connectivity index (χ2v) is 7.55. The molecule has 0 aromatic heterocycles. The minimum absolute atomic E-state index is 0.00202. The number of carboxylic acids is 1. The molecule has 2 aliphatic rings. The molecule has 1 aromatic carbocycles. The summed E-state index contributed by atoms with van der Waals surface area (Å²) < 4.78 is 0. The number of hydrogen-bond donors (Lipinski definition) is 2. The Morgan fingerprint density at radius 2 is 1.84 bits per heavy atom. The Morgan fingerprint density at radius 1 is 1.12 bits per heavy atom. The first-order chi connectivity index (χ1) is 12.0. The van der Waals surface area contributed by atoms with Gasteiger partial charge in [0.05, 0.1) is 12.0 Å². The lowest BCUT2D eigenvalue weighted by Crippen LogP contribution is -2.46. The van der Waals surface area contributed by atoms with Crippen molar-refractivity contribution in [2.45, 2.75) is 64.5 Å². The van der Waals surface area contributed by atoms with Gasteiger partial charge >= 0.3 is 12.0 Å². The van der Waals surface area contributed by atoms with Crippen molar-refractivity contribution in [1.82, 2.24) is 10.2 Å². The SMILES string of the molecule is Cc1ccc(C)c(C2CCCN2C(=O)NC2CCC(C(=O)O)CC2)c1. The molecule has 25 heavy (non-hydrogen) atoms. The lowest BCUT2D eigenvalue weighted by atomic mass is 9.86. The van der Waals surface area contributed by atoms with Crippen molar-refractivity contribution in [1.29, 1.82) is 0 Å². The average Bonchev–Trinajstić information content (AvgIpc) is 3.07. The number of nitrogens with one attached hydrogen (secondary N) is 1. The summed E-state index contributed by atoms with van der Waals surface area (Å²) in [5.41, 5.74) is 3.71. The van der Waals surface area contributed by atoms with Crippen LogP contribution in [0.25, 0.3) is 0 Å². The molecule has 5 heteroatoms. The van der Waals surface area contributed by atoms with Gasteiger partial charge in [0, 0.05) is 12.6 Å². The molecule has 1 unspecified atom stereocenters. The van der Waals surface area contributed by atoms with Crippen molar-refractivity contribution >= 4 is 12.0 Å². The molecule has 0 spiro atoms. The molecular weight excluding hydrogens is 316 g/mol. The van der Waals surface area contributed by atoms with Gasteiger partial charge in [-0.3, -0.25) is 4.79 Å². The number of benzene rings is 1. The fourth-order valence-electron chi connectivity index (χ4n) is 4.19. The van der Waals surface area contributed by atoms with E-state index < -0.39 is 5.97 Å². The molecule has 5 nitrogen and oxygen atoms in total. The van der Waals surface area contributed by atoms with Gasteiger partial charge in [0.2, 0.25) is 0 Å². The van der Waals surface area contributed by atoms with Crippen LogP contribution in [0, 0.1) is 19.8 Å². The molecule has 2 amide bonds. The maximum Gasteiger partial charge on any atom is 0.318 e. The Labute approximate surface area is 149 Å². The van der Waals surface area contributed by atoms with E-state index in [9.17, 15) is 9.59 Å². The van der Waals surface area contributed by atoms with E-state index >= 15 is 0 Å². The van der Waals surface area contributed by atoms with Gasteiger partial charge in [-0.1, -0.05) is 23.8 Å². The number of carbonyl (C=O) groups is 2. The Hall–Kier alpha value is -2.04. The van der Waals surface area contributed by atoms with Crippen LogP contribution in [0.1, 0.15) is 61.3 Å². The lowest BCUT2D eigenvalue weighted by molar-refractivity contribution is -0.142. The van der Waals surface area contributed by atoms with E-state index in [0.29, 0.717) is 12.8 Å². The van der Waals surface area contributed by atoms with E-state index in [2.05, 4.69) is 37.4 Å². The fourth-order valence-corrected chi connectivity index (χ4v) is 4.19. The first-order valence-electron chi connectivity index (χ1n) is 9.33. The van der Waals surface area contributed by atoms with Crippen LogP contribution in [-0.2, 0) is 4.79 Å². The third-order valence-corrected chi connectivity index (χ3v) is 5.71. The Bertz CT molecular complexity index is 650. The van der Waals surface area contributed by atoms with Crippen molar-refractivity contribution in [3.63, 3.8) is 0 Å². The van der Waals surface area contributed by atoms with Gasteiger partial charge in [0.15, 0.2) is 0 Å². The zero-order chi connectivity index (χ0) is 18.0. The first kappa shape index (κ1) is 17.8. The third-order valence-electron chi connectivity index (χ3n) is 5.71. The molecule has 0 radical (unpaired) electrons. The number of aliphatic carboxylic acids is 1. The molecule has 1 saturated carbocycles. The second kappa shape index (κ2) is 7.46. The largest absolute Gasteiger partial charge is 0.481 e. The lowest BCUT2D eigenvalue weighted by Gasteiger charge is -2.31. The standard InChI is InChI=1S/C20H28N2O3/c1-13-5-6-14(2)17(12-13)18-4-3-11-22(18)20(25)21-16-9-7-15(8-10-16)19(23)24/h5-6,12,15-16,18H,3-4,7-11H2,1-2H3,(H,21,25)(H,23,24). The van der Waals surface area contributed by atoms with Crippen LogP contribution in [0.4, 0.5) is 4.79 Å². The summed E-state index contributed by atoms with van der Waals surface area (Å²) >= 11 is 0. The van der Waals surface area contributed by atoms with Gasteiger partial charge in [-0.15, -0.1) is 0 Å². The summed E-state index contributed by atoms with van der Waals surface area (Å²) in [5.74, 6) is -0.957. The van der Waals surface area contributed by atoms with Crippen LogP contribution in [0.15, 0.2) is 18.2 Å². The molecule has 1 atom stereocenters. The van der Waals surface area contributed by atoms with Crippen molar-refractivity contribution < 1.29 is 14.7 Å². The Balaban J connectivity index is 1.63. The molecule has 136 valence electrons. The average molecular weight is 344 g/mol. The minimum atomic E-state index is -0.709. The van der Waals surface area contributed by atoms with E-state index in [-0.39, 0.29) is 24.0 Å². The summed E-state index contributed by atoms with van der Waals surface area (Å²) in [5, 5.41) is 12.2. The number of hydrogen-bond acceptors (Lipinski definition) is 2. The van der Waals surface area contributed by atoms with Gasteiger partial charge in [-0.05, 0) is 63.5 Å². The Kier molecular flexibility index (Phi) is 5.30. The third kappa shape index (κ3) is 3.97. The fraction of sp³-hybridized carbons (Fsp3) is 0.600. The predicted octanol–water partition coefficient (Wildman–Crippen LogP) is 3.79. The second-order valence-electron chi connectivity index (χ2n) is 7.55. The highest BCUT2D eigenvalue weighted by molar-refractivity contribution is 5.75. The van der Waals surface area contributed by atoms with Crippen molar-refractivity contribution in [2.75, 3.05) is 6.54 Å².